The van der Waals surface area contributed by atoms with E-state index in [-0.39, 0.29) is 23.5 Å². The molecule has 4 aromatic rings. The van der Waals surface area contributed by atoms with Gasteiger partial charge in [0.1, 0.15) is 11.5 Å². The van der Waals surface area contributed by atoms with E-state index < -0.39 is 5.82 Å². The predicted molar refractivity (Wildman–Crippen MR) is 129 cm³/mol. The molecule has 174 valence electrons. The number of rotatable bonds is 5. The predicted octanol–water partition coefficient (Wildman–Crippen LogP) is 3.37. The number of aromatic nitrogens is 5. The van der Waals surface area contributed by atoms with E-state index in [9.17, 15) is 9.18 Å². The highest BCUT2D eigenvalue weighted by atomic mass is 19.1. The van der Waals surface area contributed by atoms with E-state index in [1.165, 1.54) is 0 Å². The first-order valence-corrected chi connectivity index (χ1v) is 11.1. The van der Waals surface area contributed by atoms with Gasteiger partial charge in [0.2, 0.25) is 11.9 Å². The number of fused-ring (bicyclic) bond motifs is 1. The van der Waals surface area contributed by atoms with Crippen LogP contribution in [0, 0.1) is 5.82 Å². The Morgan fingerprint density at radius 2 is 2.00 bits per heavy atom. The van der Waals surface area contributed by atoms with E-state index in [1.807, 2.05) is 36.0 Å². The summed E-state index contributed by atoms with van der Waals surface area (Å²) in [6.45, 7) is 5.86. The van der Waals surface area contributed by atoms with Crippen molar-refractivity contribution in [1.29, 1.82) is 0 Å². The largest absolute Gasteiger partial charge is 0.309 e. The van der Waals surface area contributed by atoms with E-state index >= 15 is 0 Å². The fourth-order valence-electron chi connectivity index (χ4n) is 4.29. The van der Waals surface area contributed by atoms with Crippen molar-refractivity contribution in [3.05, 3.63) is 54.2 Å². The maximum Gasteiger partial charge on any atom is 0.241 e. The van der Waals surface area contributed by atoms with Gasteiger partial charge in [0.05, 0.1) is 30.1 Å². The Morgan fingerprint density at radius 1 is 1.15 bits per heavy atom. The standard InChI is InChI=1S/C24H25FN8O/c1-14(2)23-17-10-15(4-6-19(17)31-32(23)3)22-18(25)12-28-24(30-22)29-20-7-5-16(11-27-20)33-9-8-26-13-21(33)34/h4-7,10-12,14,26H,8-9,13H2,1-3H3,(H,27,28,29,30). The van der Waals surface area contributed by atoms with Crippen molar-refractivity contribution in [1.82, 2.24) is 30.0 Å². The summed E-state index contributed by atoms with van der Waals surface area (Å²) in [5.41, 5.74) is 3.50. The average Bonchev–Trinajstić information content (AvgIpc) is 3.16. The van der Waals surface area contributed by atoms with Crippen molar-refractivity contribution in [2.75, 3.05) is 29.9 Å². The van der Waals surface area contributed by atoms with Crippen molar-refractivity contribution in [3.63, 3.8) is 0 Å². The number of hydrogen-bond donors (Lipinski definition) is 2. The van der Waals surface area contributed by atoms with Gasteiger partial charge < -0.3 is 15.5 Å². The fourth-order valence-corrected chi connectivity index (χ4v) is 4.29. The fraction of sp³-hybridized carbons (Fsp3) is 0.292. The lowest BCUT2D eigenvalue weighted by atomic mass is 10.0. The normalized spacial score (nSPS) is 14.3. The van der Waals surface area contributed by atoms with Gasteiger partial charge in [-0.25, -0.2) is 19.3 Å². The first kappa shape index (κ1) is 21.9. The quantitative estimate of drug-likeness (QED) is 0.471. The van der Waals surface area contributed by atoms with Crippen LogP contribution >= 0.6 is 0 Å². The number of halogens is 1. The molecule has 1 amide bonds. The van der Waals surface area contributed by atoms with Gasteiger partial charge in [-0.2, -0.15) is 5.10 Å². The van der Waals surface area contributed by atoms with Crippen LogP contribution in [0.4, 0.5) is 21.8 Å². The third-order valence-corrected chi connectivity index (χ3v) is 5.83. The molecule has 0 saturated carbocycles. The van der Waals surface area contributed by atoms with Crippen LogP contribution < -0.4 is 15.5 Å². The topological polar surface area (TPSA) is 101 Å². The Labute approximate surface area is 196 Å². The first-order valence-electron chi connectivity index (χ1n) is 11.1. The minimum atomic E-state index is -0.514. The smallest absolute Gasteiger partial charge is 0.241 e. The molecule has 1 saturated heterocycles. The molecule has 34 heavy (non-hydrogen) atoms. The molecule has 0 atom stereocenters. The number of piperazine rings is 1. The third-order valence-electron chi connectivity index (χ3n) is 5.83. The van der Waals surface area contributed by atoms with Gasteiger partial charge in [0.25, 0.3) is 0 Å². The highest BCUT2D eigenvalue weighted by molar-refractivity contribution is 5.95. The lowest BCUT2D eigenvalue weighted by Crippen LogP contribution is -2.48. The third kappa shape index (κ3) is 4.08. The van der Waals surface area contributed by atoms with Gasteiger partial charge in [0.15, 0.2) is 5.82 Å². The van der Waals surface area contributed by atoms with Gasteiger partial charge in [0, 0.05) is 36.8 Å². The Kier molecular flexibility index (Phi) is 5.66. The zero-order valence-corrected chi connectivity index (χ0v) is 19.2. The monoisotopic (exact) mass is 460 g/mol. The van der Waals surface area contributed by atoms with Crippen LogP contribution in [0.2, 0.25) is 0 Å². The lowest BCUT2D eigenvalue weighted by Gasteiger charge is -2.27. The van der Waals surface area contributed by atoms with Crippen molar-refractivity contribution < 1.29 is 9.18 Å². The molecule has 0 bridgehead atoms. The molecule has 3 aromatic heterocycles. The average molecular weight is 461 g/mol. The van der Waals surface area contributed by atoms with Crippen LogP contribution in [0.5, 0.6) is 0 Å². The molecule has 1 aromatic carbocycles. The molecular formula is C24H25FN8O. The number of pyridine rings is 1. The van der Waals surface area contributed by atoms with E-state index in [0.717, 1.165) is 35.0 Å². The second kappa shape index (κ2) is 8.79. The number of amides is 1. The van der Waals surface area contributed by atoms with Crippen molar-refractivity contribution >= 4 is 34.3 Å². The molecule has 1 aliphatic rings. The molecule has 4 heterocycles. The van der Waals surface area contributed by atoms with Gasteiger partial charge in [-0.05, 0) is 30.2 Å². The van der Waals surface area contributed by atoms with Crippen LogP contribution in [-0.4, -0.2) is 50.3 Å². The highest BCUT2D eigenvalue weighted by Crippen LogP contribution is 2.30. The molecule has 10 heteroatoms. The van der Waals surface area contributed by atoms with Gasteiger partial charge >= 0.3 is 0 Å². The Hall–Kier alpha value is -3.92. The molecule has 0 spiro atoms. The Morgan fingerprint density at radius 3 is 2.74 bits per heavy atom. The summed E-state index contributed by atoms with van der Waals surface area (Å²) in [6, 6.07) is 9.17. The van der Waals surface area contributed by atoms with Gasteiger partial charge in [-0.1, -0.05) is 19.9 Å². The van der Waals surface area contributed by atoms with Crippen LogP contribution in [0.15, 0.2) is 42.7 Å². The van der Waals surface area contributed by atoms with Crippen molar-refractivity contribution in [2.24, 2.45) is 7.05 Å². The second-order valence-electron chi connectivity index (χ2n) is 8.53. The Balaban J connectivity index is 1.42. The van der Waals surface area contributed by atoms with E-state index in [4.69, 9.17) is 0 Å². The minimum Gasteiger partial charge on any atom is -0.309 e. The molecule has 1 fully saturated rings. The summed E-state index contributed by atoms with van der Waals surface area (Å²) in [6.07, 6.45) is 2.77. The number of nitrogens with zero attached hydrogens (tertiary/aromatic N) is 6. The lowest BCUT2D eigenvalue weighted by molar-refractivity contribution is -0.118. The summed E-state index contributed by atoms with van der Waals surface area (Å²) in [5, 5.41) is 11.6. The second-order valence-corrected chi connectivity index (χ2v) is 8.53. The number of nitrogens with one attached hydrogen (secondary N) is 2. The maximum absolute atomic E-state index is 14.7. The first-order chi connectivity index (χ1) is 16.4. The van der Waals surface area contributed by atoms with Gasteiger partial charge in [-0.15, -0.1) is 0 Å². The molecular weight excluding hydrogens is 435 g/mol. The number of aryl methyl sites for hydroxylation is 1. The maximum atomic E-state index is 14.7. The number of anilines is 3. The molecule has 0 unspecified atom stereocenters. The molecule has 0 aliphatic carbocycles. The number of carbonyl (C=O) groups is 1. The number of carbonyl (C=O) groups excluding carboxylic acids is 1. The molecule has 1 aliphatic heterocycles. The van der Waals surface area contributed by atoms with Crippen LogP contribution in [0.1, 0.15) is 25.5 Å². The number of benzene rings is 1. The molecule has 2 N–H and O–H groups in total. The molecule has 5 rings (SSSR count). The van der Waals surface area contributed by atoms with Crippen LogP contribution in [0.3, 0.4) is 0 Å². The van der Waals surface area contributed by atoms with Crippen LogP contribution in [-0.2, 0) is 11.8 Å². The van der Waals surface area contributed by atoms with E-state index in [2.05, 4.69) is 44.5 Å². The summed E-state index contributed by atoms with van der Waals surface area (Å²) >= 11 is 0. The zero-order chi connectivity index (χ0) is 23.8. The molecule has 0 radical (unpaired) electrons. The van der Waals surface area contributed by atoms with Gasteiger partial charge in [-0.3, -0.25) is 9.48 Å². The minimum absolute atomic E-state index is 0.00600. The van der Waals surface area contributed by atoms with E-state index in [0.29, 0.717) is 24.5 Å². The summed E-state index contributed by atoms with van der Waals surface area (Å²) in [4.78, 5) is 26.6. The van der Waals surface area contributed by atoms with Crippen molar-refractivity contribution in [3.8, 4) is 11.3 Å². The van der Waals surface area contributed by atoms with Crippen LogP contribution in [0.25, 0.3) is 22.2 Å². The Bertz CT molecular complexity index is 1370. The molecule has 9 nitrogen and oxygen atoms in total. The SMILES string of the molecule is CC(C)c1c2cc(-c3nc(Nc4ccc(N5CCNCC5=O)cn4)ncc3F)ccc2nn1C. The summed E-state index contributed by atoms with van der Waals surface area (Å²) in [5.74, 6) is 0.481. The van der Waals surface area contributed by atoms with Crippen molar-refractivity contribution in [2.45, 2.75) is 19.8 Å². The zero-order valence-electron chi connectivity index (χ0n) is 19.2. The highest BCUT2D eigenvalue weighted by Gasteiger charge is 2.20. The number of hydrogen-bond acceptors (Lipinski definition) is 7. The summed E-state index contributed by atoms with van der Waals surface area (Å²) < 4.78 is 16.6. The summed E-state index contributed by atoms with van der Waals surface area (Å²) in [7, 11) is 1.92. The van der Waals surface area contributed by atoms with E-state index in [1.54, 1.807) is 17.2 Å².